The first-order valence-electron chi connectivity index (χ1n) is 9.29. The largest absolute Gasteiger partial charge is 0.368 e. The summed E-state index contributed by atoms with van der Waals surface area (Å²) in [5.74, 6) is 1.26. The highest BCUT2D eigenvalue weighted by Crippen LogP contribution is 2.29. The Hall–Kier alpha value is -1.51. The Bertz CT molecular complexity index is 526. The van der Waals surface area contributed by atoms with E-state index in [4.69, 9.17) is 0 Å². The van der Waals surface area contributed by atoms with Crippen molar-refractivity contribution in [2.45, 2.75) is 51.9 Å². The topological polar surface area (TPSA) is 23.6 Å². The molecule has 1 saturated heterocycles. The van der Waals surface area contributed by atoms with E-state index in [1.807, 2.05) is 0 Å². The summed E-state index contributed by atoms with van der Waals surface area (Å²) in [6.45, 7) is 8.18. The molecule has 0 bridgehead atoms. The summed E-state index contributed by atoms with van der Waals surface area (Å²) in [6.07, 6.45) is 5.99. The maximum atomic E-state index is 12.7. The minimum atomic E-state index is 0.304. The van der Waals surface area contributed by atoms with Crippen molar-refractivity contribution in [1.29, 1.82) is 0 Å². The number of hydrogen-bond donors (Lipinski definition) is 0. The Morgan fingerprint density at radius 2 is 1.65 bits per heavy atom. The molecule has 126 valence electrons. The van der Waals surface area contributed by atoms with Crippen molar-refractivity contribution in [2.75, 3.05) is 31.1 Å². The summed E-state index contributed by atoms with van der Waals surface area (Å²) in [6, 6.07) is 8.72. The third-order valence-electron chi connectivity index (χ3n) is 5.45. The first-order chi connectivity index (χ1) is 11.2. The highest BCUT2D eigenvalue weighted by atomic mass is 16.2. The van der Waals surface area contributed by atoms with Crippen LogP contribution in [0.1, 0.15) is 57.4 Å². The van der Waals surface area contributed by atoms with Crippen LogP contribution in [0.15, 0.2) is 24.3 Å². The zero-order valence-corrected chi connectivity index (χ0v) is 14.6. The molecular formula is C20H30N2O. The minimum Gasteiger partial charge on any atom is -0.368 e. The lowest BCUT2D eigenvalue weighted by Crippen LogP contribution is -2.50. The summed E-state index contributed by atoms with van der Waals surface area (Å²) in [5.41, 5.74) is 2.77. The molecule has 0 unspecified atom stereocenters. The lowest BCUT2D eigenvalue weighted by atomic mass is 9.88. The van der Waals surface area contributed by atoms with Gasteiger partial charge in [0.15, 0.2) is 0 Å². The van der Waals surface area contributed by atoms with Crippen molar-refractivity contribution in [1.82, 2.24) is 4.90 Å². The predicted octanol–water partition coefficient (Wildman–Crippen LogP) is 4.04. The smallest absolute Gasteiger partial charge is 0.225 e. The van der Waals surface area contributed by atoms with Crippen LogP contribution in [0.4, 0.5) is 5.69 Å². The zero-order valence-electron chi connectivity index (χ0n) is 14.6. The molecule has 0 atom stereocenters. The van der Waals surface area contributed by atoms with Gasteiger partial charge in [-0.05, 0) is 30.4 Å². The van der Waals surface area contributed by atoms with E-state index in [0.29, 0.717) is 17.7 Å². The van der Waals surface area contributed by atoms with Gasteiger partial charge in [-0.3, -0.25) is 4.79 Å². The molecule has 2 aliphatic rings. The van der Waals surface area contributed by atoms with Gasteiger partial charge >= 0.3 is 0 Å². The average Bonchev–Trinajstić information content (AvgIpc) is 2.62. The fourth-order valence-electron chi connectivity index (χ4n) is 4.04. The molecule has 1 aliphatic carbocycles. The second-order valence-corrected chi connectivity index (χ2v) is 7.36. The molecule has 3 heteroatoms. The lowest BCUT2D eigenvalue weighted by Gasteiger charge is -2.39. The molecule has 3 nitrogen and oxygen atoms in total. The van der Waals surface area contributed by atoms with Crippen LogP contribution in [0.3, 0.4) is 0 Å². The number of benzene rings is 1. The summed E-state index contributed by atoms with van der Waals surface area (Å²) in [5, 5.41) is 0. The maximum Gasteiger partial charge on any atom is 0.225 e. The van der Waals surface area contributed by atoms with Crippen molar-refractivity contribution in [3.8, 4) is 0 Å². The molecule has 2 fully saturated rings. The van der Waals surface area contributed by atoms with Crippen LogP contribution in [-0.4, -0.2) is 37.0 Å². The summed E-state index contributed by atoms with van der Waals surface area (Å²) < 4.78 is 0. The van der Waals surface area contributed by atoms with Gasteiger partial charge in [-0.15, -0.1) is 0 Å². The zero-order chi connectivity index (χ0) is 16.2. The SMILES string of the molecule is CC(C)c1ccccc1N1CCN(C(=O)C2CCCCC2)CC1. The average molecular weight is 314 g/mol. The van der Waals surface area contributed by atoms with Crippen molar-refractivity contribution in [3.05, 3.63) is 29.8 Å². The van der Waals surface area contributed by atoms with E-state index < -0.39 is 0 Å². The van der Waals surface area contributed by atoms with E-state index in [2.05, 4.69) is 47.9 Å². The van der Waals surface area contributed by atoms with Crippen LogP contribution in [0.25, 0.3) is 0 Å². The highest BCUT2D eigenvalue weighted by molar-refractivity contribution is 5.79. The van der Waals surface area contributed by atoms with E-state index in [0.717, 1.165) is 39.0 Å². The third-order valence-corrected chi connectivity index (χ3v) is 5.45. The molecule has 0 aromatic heterocycles. The predicted molar refractivity (Wildman–Crippen MR) is 95.9 cm³/mol. The number of para-hydroxylation sites is 1. The van der Waals surface area contributed by atoms with Crippen LogP contribution >= 0.6 is 0 Å². The Balaban J connectivity index is 1.61. The Morgan fingerprint density at radius 1 is 1.00 bits per heavy atom. The normalized spacial score (nSPS) is 20.1. The molecule has 1 aromatic rings. The van der Waals surface area contributed by atoms with Gasteiger partial charge in [-0.2, -0.15) is 0 Å². The molecule has 0 radical (unpaired) electrons. The number of nitrogens with zero attached hydrogens (tertiary/aromatic N) is 2. The van der Waals surface area contributed by atoms with Crippen molar-refractivity contribution in [3.63, 3.8) is 0 Å². The van der Waals surface area contributed by atoms with E-state index in [1.165, 1.54) is 30.5 Å². The fourth-order valence-corrected chi connectivity index (χ4v) is 4.04. The molecule has 23 heavy (non-hydrogen) atoms. The molecule has 1 saturated carbocycles. The Morgan fingerprint density at radius 3 is 2.30 bits per heavy atom. The third kappa shape index (κ3) is 3.70. The van der Waals surface area contributed by atoms with Crippen LogP contribution in [0, 0.1) is 5.92 Å². The first kappa shape index (κ1) is 16.4. The Labute approximate surface area is 140 Å². The van der Waals surface area contributed by atoms with Crippen molar-refractivity contribution >= 4 is 11.6 Å². The molecule has 1 heterocycles. The number of hydrogen-bond acceptors (Lipinski definition) is 2. The number of rotatable bonds is 3. The maximum absolute atomic E-state index is 12.7. The fraction of sp³-hybridized carbons (Fsp3) is 0.650. The summed E-state index contributed by atoms with van der Waals surface area (Å²) in [7, 11) is 0. The number of carbonyl (C=O) groups excluding carboxylic acids is 1. The van der Waals surface area contributed by atoms with Crippen molar-refractivity contribution in [2.24, 2.45) is 5.92 Å². The van der Waals surface area contributed by atoms with Gasteiger partial charge < -0.3 is 9.80 Å². The molecule has 0 N–H and O–H groups in total. The monoisotopic (exact) mass is 314 g/mol. The van der Waals surface area contributed by atoms with Gasteiger partial charge in [0.05, 0.1) is 0 Å². The molecular weight excluding hydrogens is 284 g/mol. The Kier molecular flexibility index (Phi) is 5.24. The van der Waals surface area contributed by atoms with Crippen molar-refractivity contribution < 1.29 is 4.79 Å². The van der Waals surface area contributed by atoms with Crippen LogP contribution < -0.4 is 4.90 Å². The molecule has 1 aromatic carbocycles. The van der Waals surface area contributed by atoms with E-state index in [1.54, 1.807) is 0 Å². The van der Waals surface area contributed by atoms with E-state index >= 15 is 0 Å². The van der Waals surface area contributed by atoms with Gasteiger partial charge in [0.1, 0.15) is 0 Å². The second kappa shape index (κ2) is 7.37. The van der Waals surface area contributed by atoms with Gasteiger partial charge in [0, 0.05) is 37.8 Å². The molecule has 1 amide bonds. The van der Waals surface area contributed by atoms with Crippen LogP contribution in [0.2, 0.25) is 0 Å². The van der Waals surface area contributed by atoms with Gasteiger partial charge in [0.2, 0.25) is 5.91 Å². The second-order valence-electron chi connectivity index (χ2n) is 7.36. The van der Waals surface area contributed by atoms with E-state index in [-0.39, 0.29) is 0 Å². The number of carbonyl (C=O) groups is 1. The summed E-state index contributed by atoms with van der Waals surface area (Å²) in [4.78, 5) is 17.3. The first-order valence-corrected chi connectivity index (χ1v) is 9.29. The van der Waals surface area contributed by atoms with E-state index in [9.17, 15) is 4.79 Å². The minimum absolute atomic E-state index is 0.304. The molecule has 3 rings (SSSR count). The summed E-state index contributed by atoms with van der Waals surface area (Å²) >= 11 is 0. The number of anilines is 1. The van der Waals surface area contributed by atoms with Gasteiger partial charge in [-0.1, -0.05) is 51.3 Å². The van der Waals surface area contributed by atoms with Crippen LogP contribution in [-0.2, 0) is 4.79 Å². The van der Waals surface area contributed by atoms with Crippen LogP contribution in [0.5, 0.6) is 0 Å². The number of amides is 1. The molecule has 0 spiro atoms. The number of piperazine rings is 1. The van der Waals surface area contributed by atoms with Gasteiger partial charge in [0.25, 0.3) is 0 Å². The standard InChI is InChI=1S/C20H30N2O/c1-16(2)18-10-6-7-11-19(18)21-12-14-22(15-13-21)20(23)17-8-4-3-5-9-17/h6-7,10-11,16-17H,3-5,8-9,12-15H2,1-2H3. The van der Waals surface area contributed by atoms with Gasteiger partial charge in [-0.25, -0.2) is 0 Å². The quantitative estimate of drug-likeness (QED) is 0.840. The highest BCUT2D eigenvalue weighted by Gasteiger charge is 2.28. The lowest BCUT2D eigenvalue weighted by molar-refractivity contribution is -0.136. The molecule has 1 aliphatic heterocycles.